The van der Waals surface area contributed by atoms with Crippen LogP contribution in [0, 0.1) is 5.92 Å². The fraction of sp³-hybridized carbons (Fsp3) is 0.360. The van der Waals surface area contributed by atoms with Crippen LogP contribution in [0.15, 0.2) is 68.6 Å². The third-order valence-electron chi connectivity index (χ3n) is 6.26. The van der Waals surface area contributed by atoms with Crippen LogP contribution >= 0.6 is 0 Å². The number of allylic oxidation sites excluding steroid dienone is 3. The molecule has 0 spiro atoms. The van der Waals surface area contributed by atoms with Crippen molar-refractivity contribution in [3.8, 4) is 0 Å². The zero-order chi connectivity index (χ0) is 22.4. The Labute approximate surface area is 186 Å². The highest BCUT2D eigenvalue weighted by atomic mass is 19.1. The lowest BCUT2D eigenvalue weighted by atomic mass is 9.93. The summed E-state index contributed by atoms with van der Waals surface area (Å²) in [6, 6.07) is 8.71. The van der Waals surface area contributed by atoms with Gasteiger partial charge in [-0.15, -0.1) is 0 Å². The average Bonchev–Trinajstić information content (AvgIpc) is 2.90. The molecular weight excluding hydrogens is 407 g/mol. The Bertz CT molecular complexity index is 1230. The van der Waals surface area contributed by atoms with Crippen molar-refractivity contribution in [2.75, 3.05) is 18.0 Å². The second-order valence-electron chi connectivity index (χ2n) is 9.01. The number of nitrogens with one attached hydrogen (secondary N) is 1. The fourth-order valence-electron chi connectivity index (χ4n) is 4.75. The Morgan fingerprint density at radius 2 is 1.91 bits per heavy atom. The second-order valence-corrected chi connectivity index (χ2v) is 9.01. The number of nitrogens with zero attached hydrogens (tertiary/aromatic N) is 3. The van der Waals surface area contributed by atoms with Gasteiger partial charge in [-0.2, -0.15) is 0 Å². The number of benzene rings is 1. The topological polar surface area (TPSA) is 61.1 Å². The summed E-state index contributed by atoms with van der Waals surface area (Å²) in [5.74, 6) is 0.285. The number of rotatable bonds is 2. The van der Waals surface area contributed by atoms with Gasteiger partial charge in [-0.05, 0) is 56.0 Å². The summed E-state index contributed by atoms with van der Waals surface area (Å²) in [4.78, 5) is 21.1. The minimum absolute atomic E-state index is 0.0585. The largest absolute Gasteiger partial charge is 0.422 e. The third-order valence-corrected chi connectivity index (χ3v) is 6.26. The van der Waals surface area contributed by atoms with Crippen LogP contribution in [0.4, 0.5) is 10.1 Å². The molecule has 166 valence electrons. The Kier molecular flexibility index (Phi) is 5.21. The molecular formula is C25H27FN4O2. The molecule has 32 heavy (non-hydrogen) atoms. The first-order valence-corrected chi connectivity index (χ1v) is 11.1. The average molecular weight is 435 g/mol. The van der Waals surface area contributed by atoms with Gasteiger partial charge in [-0.1, -0.05) is 6.92 Å². The van der Waals surface area contributed by atoms with Crippen LogP contribution in [0.25, 0.3) is 16.5 Å². The fourth-order valence-corrected chi connectivity index (χ4v) is 4.75. The van der Waals surface area contributed by atoms with E-state index in [1.807, 2.05) is 31.2 Å². The molecule has 1 fully saturated rings. The number of hydrogen-bond donors (Lipinski definition) is 1. The van der Waals surface area contributed by atoms with E-state index < -0.39 is 5.83 Å². The molecule has 4 heterocycles. The third kappa shape index (κ3) is 3.88. The van der Waals surface area contributed by atoms with Crippen LogP contribution in [0.3, 0.4) is 0 Å². The van der Waals surface area contributed by atoms with E-state index in [-0.39, 0.29) is 11.5 Å². The second kappa shape index (κ2) is 8.06. The highest BCUT2D eigenvalue weighted by Crippen LogP contribution is 2.33. The number of fused-ring (bicyclic) bond motifs is 2. The van der Waals surface area contributed by atoms with E-state index >= 15 is 0 Å². The first-order valence-electron chi connectivity index (χ1n) is 11.1. The lowest BCUT2D eigenvalue weighted by molar-refractivity contribution is 0.407. The molecule has 3 aliphatic heterocycles. The maximum Gasteiger partial charge on any atom is 0.343 e. The van der Waals surface area contributed by atoms with E-state index in [0.29, 0.717) is 35.5 Å². The molecule has 3 atom stereocenters. The van der Waals surface area contributed by atoms with E-state index in [2.05, 4.69) is 35.1 Å². The van der Waals surface area contributed by atoms with E-state index in [4.69, 9.17) is 4.42 Å². The lowest BCUT2D eigenvalue weighted by Gasteiger charge is -2.37. The summed E-state index contributed by atoms with van der Waals surface area (Å²) in [6.45, 7) is 8.20. The van der Waals surface area contributed by atoms with Gasteiger partial charge in [-0.25, -0.2) is 14.2 Å². The van der Waals surface area contributed by atoms with Gasteiger partial charge in [0.05, 0.1) is 11.8 Å². The minimum atomic E-state index is -0.429. The molecule has 2 aromatic rings. The van der Waals surface area contributed by atoms with Crippen molar-refractivity contribution in [3.63, 3.8) is 0 Å². The first kappa shape index (κ1) is 20.7. The quantitative estimate of drug-likeness (QED) is 0.710. The molecule has 0 amide bonds. The SMILES string of the molecule is CC1CN(c2ccc3cc(C4=CN5C=C(F)C=NC5=CCC4C)c(=O)oc3c2)CC(C)N1. The van der Waals surface area contributed by atoms with Crippen molar-refractivity contribution >= 4 is 28.4 Å². The Balaban J connectivity index is 1.52. The Morgan fingerprint density at radius 3 is 2.69 bits per heavy atom. The van der Waals surface area contributed by atoms with E-state index in [1.165, 1.54) is 12.4 Å². The normalized spacial score (nSPS) is 25.8. The number of anilines is 1. The van der Waals surface area contributed by atoms with Gasteiger partial charge >= 0.3 is 5.63 Å². The van der Waals surface area contributed by atoms with Gasteiger partial charge in [0, 0.05) is 54.7 Å². The summed E-state index contributed by atoms with van der Waals surface area (Å²) in [6.07, 6.45) is 7.02. The molecule has 0 bridgehead atoms. The highest BCUT2D eigenvalue weighted by Gasteiger charge is 2.24. The molecule has 3 aliphatic rings. The van der Waals surface area contributed by atoms with E-state index in [9.17, 15) is 9.18 Å². The standard InChI is InChI=1S/C25H27FN4O2/c1-15-4-7-24-27-10-19(26)13-30(24)14-22(15)21-8-18-5-6-20(9-23(18)32-25(21)31)29-11-16(2)28-17(3)12-29/h5-10,13-17,28H,4,11-12H2,1-3H3. The van der Waals surface area contributed by atoms with Crippen molar-refractivity contribution in [3.05, 3.63) is 70.4 Å². The van der Waals surface area contributed by atoms with Crippen molar-refractivity contribution in [2.24, 2.45) is 10.9 Å². The lowest BCUT2D eigenvalue weighted by Crippen LogP contribution is -2.54. The summed E-state index contributed by atoms with van der Waals surface area (Å²) in [5, 5.41) is 4.40. The van der Waals surface area contributed by atoms with Gasteiger partial charge in [0.1, 0.15) is 11.4 Å². The molecule has 1 saturated heterocycles. The summed E-state index contributed by atoms with van der Waals surface area (Å²) >= 11 is 0. The van der Waals surface area contributed by atoms with Crippen LogP contribution in [0.5, 0.6) is 0 Å². The summed E-state index contributed by atoms with van der Waals surface area (Å²) in [7, 11) is 0. The van der Waals surface area contributed by atoms with Crippen molar-refractivity contribution < 1.29 is 8.81 Å². The van der Waals surface area contributed by atoms with Crippen LogP contribution < -0.4 is 15.8 Å². The molecule has 1 aromatic heterocycles. The number of piperazine rings is 1. The van der Waals surface area contributed by atoms with Crippen molar-refractivity contribution in [1.29, 1.82) is 0 Å². The zero-order valence-corrected chi connectivity index (χ0v) is 18.5. The van der Waals surface area contributed by atoms with Crippen LogP contribution in [-0.2, 0) is 0 Å². The molecule has 6 nitrogen and oxygen atoms in total. The van der Waals surface area contributed by atoms with Crippen molar-refractivity contribution in [1.82, 2.24) is 10.2 Å². The van der Waals surface area contributed by atoms with Gasteiger partial charge in [-0.3, -0.25) is 0 Å². The predicted molar refractivity (Wildman–Crippen MR) is 126 cm³/mol. The maximum absolute atomic E-state index is 13.8. The van der Waals surface area contributed by atoms with Gasteiger partial charge in [0.25, 0.3) is 0 Å². The molecule has 0 aliphatic carbocycles. The molecule has 5 rings (SSSR count). The molecule has 1 aromatic carbocycles. The van der Waals surface area contributed by atoms with Crippen LogP contribution in [0.1, 0.15) is 32.8 Å². The summed E-state index contributed by atoms with van der Waals surface area (Å²) in [5.41, 5.74) is 2.55. The van der Waals surface area contributed by atoms with Crippen LogP contribution in [0.2, 0.25) is 0 Å². The Hall–Kier alpha value is -3.19. The summed E-state index contributed by atoms with van der Waals surface area (Å²) < 4.78 is 19.6. The van der Waals surface area contributed by atoms with Crippen molar-refractivity contribution in [2.45, 2.75) is 39.3 Å². The Morgan fingerprint density at radius 1 is 1.12 bits per heavy atom. The maximum atomic E-state index is 13.8. The minimum Gasteiger partial charge on any atom is -0.422 e. The molecule has 3 unspecified atom stereocenters. The smallest absolute Gasteiger partial charge is 0.343 e. The molecule has 1 N–H and O–H groups in total. The first-order chi connectivity index (χ1) is 15.4. The van der Waals surface area contributed by atoms with E-state index in [1.54, 1.807) is 11.1 Å². The predicted octanol–water partition coefficient (Wildman–Crippen LogP) is 4.40. The molecule has 7 heteroatoms. The van der Waals surface area contributed by atoms with E-state index in [0.717, 1.165) is 29.7 Å². The van der Waals surface area contributed by atoms with Gasteiger partial charge in [0.2, 0.25) is 0 Å². The monoisotopic (exact) mass is 434 g/mol. The number of hydrogen-bond acceptors (Lipinski definition) is 6. The zero-order valence-electron chi connectivity index (χ0n) is 18.5. The number of aliphatic imine (C=N–C) groups is 1. The van der Waals surface area contributed by atoms with Gasteiger partial charge in [0.15, 0.2) is 5.83 Å². The number of halogens is 1. The molecule has 0 radical (unpaired) electrons. The highest BCUT2D eigenvalue weighted by molar-refractivity contribution is 5.84. The molecule has 0 saturated carbocycles. The van der Waals surface area contributed by atoms with Crippen LogP contribution in [-0.4, -0.2) is 36.3 Å². The van der Waals surface area contributed by atoms with Gasteiger partial charge < -0.3 is 19.5 Å².